The van der Waals surface area contributed by atoms with Crippen LogP contribution >= 0.6 is 0 Å². The van der Waals surface area contributed by atoms with Crippen LogP contribution in [0.15, 0.2) is 0 Å². The highest BCUT2D eigenvalue weighted by atomic mass is 16.2. The van der Waals surface area contributed by atoms with E-state index in [2.05, 4.69) is 0 Å². The van der Waals surface area contributed by atoms with Crippen LogP contribution in [-0.2, 0) is 4.79 Å². The summed E-state index contributed by atoms with van der Waals surface area (Å²) in [7, 11) is 5.15. The van der Waals surface area contributed by atoms with Crippen molar-refractivity contribution in [2.75, 3.05) is 19.6 Å². The molecule has 10 heavy (non-hydrogen) atoms. The van der Waals surface area contributed by atoms with Crippen molar-refractivity contribution in [2.24, 2.45) is 5.73 Å². The van der Waals surface area contributed by atoms with Crippen molar-refractivity contribution in [2.45, 2.75) is 13.2 Å². The lowest BCUT2D eigenvalue weighted by molar-refractivity contribution is -0.128. The fourth-order valence-corrected chi connectivity index (χ4v) is 0.744. The number of hydrogen-bond acceptors (Lipinski definition) is 2. The third-order valence-corrected chi connectivity index (χ3v) is 1.31. The number of amides is 1. The molecule has 0 saturated heterocycles. The summed E-state index contributed by atoms with van der Waals surface area (Å²) < 4.78 is 0. The molecule has 2 radical (unpaired) electrons. The van der Waals surface area contributed by atoms with Crippen LogP contribution in [0.5, 0.6) is 0 Å². The summed E-state index contributed by atoms with van der Waals surface area (Å²) in [4.78, 5) is 12.5. The van der Waals surface area contributed by atoms with Crippen LogP contribution < -0.4 is 5.73 Å². The number of likely N-dealkylation sites (N-methyl/N-ethyl adjacent to an activating group) is 1. The Bertz CT molecular complexity index is 108. The molecule has 0 unspecified atom stereocenters. The lowest BCUT2D eigenvalue weighted by Crippen LogP contribution is -2.34. The van der Waals surface area contributed by atoms with E-state index in [4.69, 9.17) is 13.6 Å². The van der Waals surface area contributed by atoms with Crippen LogP contribution in [0.3, 0.4) is 0 Å². The van der Waals surface area contributed by atoms with E-state index in [0.717, 1.165) is 0 Å². The minimum atomic E-state index is -0.0343. The van der Waals surface area contributed by atoms with E-state index in [1.54, 1.807) is 4.90 Å². The highest BCUT2D eigenvalue weighted by molar-refractivity contribution is 6.19. The quantitative estimate of drug-likeness (QED) is 0.529. The van der Waals surface area contributed by atoms with E-state index in [0.29, 0.717) is 19.6 Å². The average Bonchev–Trinajstić information content (AvgIpc) is 1.99. The van der Waals surface area contributed by atoms with E-state index in [1.807, 2.05) is 6.92 Å². The Labute approximate surface area is 63.0 Å². The molecule has 0 spiro atoms. The van der Waals surface area contributed by atoms with Crippen molar-refractivity contribution in [3.05, 3.63) is 0 Å². The summed E-state index contributed by atoms with van der Waals surface area (Å²) in [5.41, 5.74) is 5.26. The predicted molar refractivity (Wildman–Crippen MR) is 41.9 cm³/mol. The number of hydrogen-bond donors (Lipinski definition) is 1. The first kappa shape index (κ1) is 9.49. The van der Waals surface area contributed by atoms with Crippen molar-refractivity contribution in [1.82, 2.24) is 4.90 Å². The van der Waals surface area contributed by atoms with Gasteiger partial charge in [-0.05, 0) is 13.2 Å². The molecular weight excluding hydrogens is 127 g/mol. The lowest BCUT2D eigenvalue weighted by atomic mass is 10.0. The van der Waals surface area contributed by atoms with Crippen LogP contribution in [0, 0.1) is 0 Å². The number of nitrogens with zero attached hydrogens (tertiary/aromatic N) is 1. The highest BCUT2D eigenvalue weighted by Gasteiger charge is 2.05. The van der Waals surface area contributed by atoms with E-state index >= 15 is 0 Å². The molecule has 2 N–H and O–H groups in total. The standard InChI is InChI=1S/C6H13BN2O/c1-2-9(4-3-8)6(10)5-7/h2-5,8H2,1H3. The van der Waals surface area contributed by atoms with E-state index in [1.165, 1.54) is 0 Å². The number of nitrogens with two attached hydrogens (primary N) is 1. The fourth-order valence-electron chi connectivity index (χ4n) is 0.744. The Morgan fingerprint density at radius 3 is 2.60 bits per heavy atom. The smallest absolute Gasteiger partial charge is 0.213 e. The maximum absolute atomic E-state index is 10.9. The molecule has 0 aromatic carbocycles. The summed E-state index contributed by atoms with van der Waals surface area (Å²) in [6, 6.07) is 0. The molecule has 0 aromatic heterocycles. The van der Waals surface area contributed by atoms with Gasteiger partial charge in [0, 0.05) is 19.6 Å². The van der Waals surface area contributed by atoms with Crippen molar-refractivity contribution in [3.63, 3.8) is 0 Å². The first-order chi connectivity index (χ1) is 4.76. The van der Waals surface area contributed by atoms with Gasteiger partial charge in [-0.3, -0.25) is 4.79 Å². The van der Waals surface area contributed by atoms with Crippen LogP contribution in [-0.4, -0.2) is 38.3 Å². The lowest BCUT2D eigenvalue weighted by Gasteiger charge is -2.18. The molecule has 0 atom stereocenters. The number of carbonyl (C=O) groups excluding carboxylic acids is 1. The first-order valence-corrected chi connectivity index (χ1v) is 3.44. The fraction of sp³-hybridized carbons (Fsp3) is 0.833. The van der Waals surface area contributed by atoms with Gasteiger partial charge in [-0.15, -0.1) is 0 Å². The maximum Gasteiger partial charge on any atom is 0.213 e. The normalized spacial score (nSPS) is 9.40. The molecule has 0 fully saturated rings. The molecule has 1 amide bonds. The number of rotatable bonds is 4. The van der Waals surface area contributed by atoms with Crippen molar-refractivity contribution >= 4 is 13.8 Å². The molecule has 0 aromatic rings. The van der Waals surface area contributed by atoms with Gasteiger partial charge in [0.25, 0.3) is 0 Å². The van der Waals surface area contributed by atoms with Crippen molar-refractivity contribution < 1.29 is 4.79 Å². The van der Waals surface area contributed by atoms with Gasteiger partial charge < -0.3 is 10.6 Å². The molecule has 3 nitrogen and oxygen atoms in total. The van der Waals surface area contributed by atoms with Crippen LogP contribution in [0.4, 0.5) is 0 Å². The van der Waals surface area contributed by atoms with Gasteiger partial charge in [-0.25, -0.2) is 0 Å². The van der Waals surface area contributed by atoms with Crippen molar-refractivity contribution in [3.8, 4) is 0 Å². The van der Waals surface area contributed by atoms with Gasteiger partial charge >= 0.3 is 0 Å². The third kappa shape index (κ3) is 2.87. The Morgan fingerprint density at radius 2 is 2.30 bits per heavy atom. The zero-order valence-corrected chi connectivity index (χ0v) is 6.34. The summed E-state index contributed by atoms with van der Waals surface area (Å²) in [6.07, 6.45) is 0.0772. The monoisotopic (exact) mass is 140 g/mol. The summed E-state index contributed by atoms with van der Waals surface area (Å²) in [6.45, 7) is 3.70. The molecule has 0 aliphatic carbocycles. The Hall–Kier alpha value is -0.505. The van der Waals surface area contributed by atoms with Crippen molar-refractivity contribution in [1.29, 1.82) is 0 Å². The molecule has 0 bridgehead atoms. The first-order valence-electron chi connectivity index (χ1n) is 3.44. The van der Waals surface area contributed by atoms with Crippen LogP contribution in [0.25, 0.3) is 0 Å². The summed E-state index contributed by atoms with van der Waals surface area (Å²) in [5, 5.41) is 0. The van der Waals surface area contributed by atoms with Gasteiger partial charge in [0.2, 0.25) is 5.91 Å². The molecular formula is C6H13BN2O. The van der Waals surface area contributed by atoms with Gasteiger partial charge in [0.1, 0.15) is 0 Å². The average molecular weight is 140 g/mol. The van der Waals surface area contributed by atoms with Gasteiger partial charge in [0.05, 0.1) is 7.85 Å². The Balaban J connectivity index is 3.68. The van der Waals surface area contributed by atoms with Gasteiger partial charge in [-0.1, -0.05) is 0 Å². The molecule has 0 saturated carbocycles. The van der Waals surface area contributed by atoms with E-state index in [9.17, 15) is 4.79 Å². The minimum Gasteiger partial charge on any atom is -0.342 e. The highest BCUT2D eigenvalue weighted by Crippen LogP contribution is 1.90. The molecule has 0 heterocycles. The predicted octanol–water partition coefficient (Wildman–Crippen LogP) is -0.620. The van der Waals surface area contributed by atoms with Crippen LogP contribution in [0.2, 0.25) is 6.32 Å². The molecule has 0 aliphatic rings. The van der Waals surface area contributed by atoms with Gasteiger partial charge in [0.15, 0.2) is 0 Å². The third-order valence-electron chi connectivity index (χ3n) is 1.31. The summed E-state index contributed by atoms with van der Waals surface area (Å²) in [5.74, 6) is -0.0343. The molecule has 56 valence electrons. The minimum absolute atomic E-state index is 0.0343. The zero-order valence-electron chi connectivity index (χ0n) is 6.34. The topological polar surface area (TPSA) is 46.3 Å². The molecule has 4 heteroatoms. The second-order valence-corrected chi connectivity index (χ2v) is 1.97. The SMILES string of the molecule is [B]CC(=O)N(CC)CCN. The zero-order chi connectivity index (χ0) is 7.98. The maximum atomic E-state index is 10.9. The largest absolute Gasteiger partial charge is 0.342 e. The molecule has 0 rings (SSSR count). The number of carbonyl (C=O) groups is 1. The second kappa shape index (κ2) is 5.29. The Kier molecular flexibility index (Phi) is 5.03. The summed E-state index contributed by atoms with van der Waals surface area (Å²) >= 11 is 0. The second-order valence-electron chi connectivity index (χ2n) is 1.97. The Morgan fingerprint density at radius 1 is 1.70 bits per heavy atom. The van der Waals surface area contributed by atoms with Gasteiger partial charge in [-0.2, -0.15) is 0 Å². The van der Waals surface area contributed by atoms with Crippen LogP contribution in [0.1, 0.15) is 6.92 Å². The van der Waals surface area contributed by atoms with E-state index in [-0.39, 0.29) is 12.2 Å². The molecule has 0 aliphatic heterocycles. The van der Waals surface area contributed by atoms with E-state index < -0.39 is 0 Å².